The molecule has 2 aromatic rings. The first-order valence-electron chi connectivity index (χ1n) is 5.65. The number of rotatable bonds is 5. The first-order valence-corrected chi connectivity index (χ1v) is 8.87. The van der Waals surface area contributed by atoms with Crippen molar-refractivity contribution in [2.75, 3.05) is 12.3 Å². The molecule has 0 aliphatic heterocycles. The van der Waals surface area contributed by atoms with Gasteiger partial charge in [0.15, 0.2) is 0 Å². The minimum atomic E-state index is -3.76. The highest BCUT2D eigenvalue weighted by Gasteiger charge is 2.19. The zero-order valence-corrected chi connectivity index (χ0v) is 13.5. The summed E-state index contributed by atoms with van der Waals surface area (Å²) in [5.41, 5.74) is 6.51. The second-order valence-electron chi connectivity index (χ2n) is 4.11. The summed E-state index contributed by atoms with van der Waals surface area (Å²) in [6.07, 6.45) is -0.885. The van der Waals surface area contributed by atoms with Crippen LogP contribution in [0.4, 0.5) is 5.69 Å². The van der Waals surface area contributed by atoms with Gasteiger partial charge in [-0.25, -0.2) is 13.1 Å². The smallest absolute Gasteiger partial charge is 0.242 e. The lowest BCUT2D eigenvalue weighted by Crippen LogP contribution is -2.29. The summed E-state index contributed by atoms with van der Waals surface area (Å²) in [5.74, 6) is 0. The number of benzene rings is 1. The van der Waals surface area contributed by atoms with Crippen LogP contribution in [-0.4, -0.2) is 20.1 Å². The first-order chi connectivity index (χ1) is 9.40. The molecule has 0 aliphatic carbocycles. The standard InChI is InChI=1S/C12H13BrN2O3S2/c13-9-1-2-10(14)12(5-9)20(17,18)15-6-11(16)8-3-4-19-7-8/h1-5,7,11,15-16H,6,14H2. The molecule has 1 aromatic carbocycles. The van der Waals surface area contributed by atoms with E-state index in [0.717, 1.165) is 0 Å². The van der Waals surface area contributed by atoms with E-state index in [0.29, 0.717) is 10.0 Å². The second kappa shape index (κ2) is 6.23. The van der Waals surface area contributed by atoms with E-state index in [1.807, 2.05) is 5.38 Å². The van der Waals surface area contributed by atoms with Crippen LogP contribution in [-0.2, 0) is 10.0 Å². The van der Waals surface area contributed by atoms with Crippen molar-refractivity contribution in [3.8, 4) is 0 Å². The van der Waals surface area contributed by atoms with Gasteiger partial charge in [-0.2, -0.15) is 11.3 Å². The van der Waals surface area contributed by atoms with Crippen LogP contribution >= 0.6 is 27.3 Å². The Kier molecular flexibility index (Phi) is 4.82. The monoisotopic (exact) mass is 376 g/mol. The van der Waals surface area contributed by atoms with E-state index < -0.39 is 16.1 Å². The Morgan fingerprint density at radius 1 is 1.40 bits per heavy atom. The Morgan fingerprint density at radius 3 is 2.80 bits per heavy atom. The summed E-state index contributed by atoms with van der Waals surface area (Å²) in [6, 6.07) is 6.34. The highest BCUT2D eigenvalue weighted by atomic mass is 79.9. The number of nitrogens with one attached hydrogen (secondary N) is 1. The fourth-order valence-corrected chi connectivity index (χ4v) is 4.00. The van der Waals surface area contributed by atoms with Gasteiger partial charge in [-0.15, -0.1) is 0 Å². The molecule has 5 nitrogen and oxygen atoms in total. The SMILES string of the molecule is Nc1ccc(Br)cc1S(=O)(=O)NCC(O)c1ccsc1. The molecule has 8 heteroatoms. The number of anilines is 1. The number of hydrogen-bond donors (Lipinski definition) is 3. The van der Waals surface area contributed by atoms with Gasteiger partial charge >= 0.3 is 0 Å². The fraction of sp³-hybridized carbons (Fsp3) is 0.167. The quantitative estimate of drug-likeness (QED) is 0.696. The number of sulfonamides is 1. The van der Waals surface area contributed by atoms with E-state index in [4.69, 9.17) is 5.73 Å². The van der Waals surface area contributed by atoms with Crippen LogP contribution in [0.25, 0.3) is 0 Å². The molecule has 0 spiro atoms. The summed E-state index contributed by atoms with van der Waals surface area (Å²) < 4.78 is 27.3. The van der Waals surface area contributed by atoms with E-state index in [1.54, 1.807) is 17.5 Å². The topological polar surface area (TPSA) is 92.4 Å². The largest absolute Gasteiger partial charge is 0.398 e. The van der Waals surface area contributed by atoms with Crippen molar-refractivity contribution < 1.29 is 13.5 Å². The maximum absolute atomic E-state index is 12.2. The normalized spacial score (nSPS) is 13.3. The zero-order chi connectivity index (χ0) is 14.8. The summed E-state index contributed by atoms with van der Waals surface area (Å²) in [5, 5.41) is 13.5. The molecule has 0 amide bonds. The third-order valence-corrected chi connectivity index (χ3v) is 5.33. The van der Waals surface area contributed by atoms with Crippen molar-refractivity contribution >= 4 is 43.0 Å². The summed E-state index contributed by atoms with van der Waals surface area (Å²) in [6.45, 7) is -0.106. The minimum Gasteiger partial charge on any atom is -0.398 e. The van der Waals surface area contributed by atoms with Crippen LogP contribution in [0, 0.1) is 0 Å². The van der Waals surface area contributed by atoms with E-state index in [9.17, 15) is 13.5 Å². The zero-order valence-electron chi connectivity index (χ0n) is 10.3. The van der Waals surface area contributed by atoms with Gasteiger partial charge in [0.05, 0.1) is 11.8 Å². The molecule has 108 valence electrons. The average Bonchev–Trinajstić information content (AvgIpc) is 2.93. The van der Waals surface area contributed by atoms with Gasteiger partial charge < -0.3 is 10.8 Å². The average molecular weight is 377 g/mol. The maximum Gasteiger partial charge on any atom is 0.242 e. The van der Waals surface area contributed by atoms with Gasteiger partial charge in [0.1, 0.15) is 4.90 Å². The van der Waals surface area contributed by atoms with Gasteiger partial charge in [-0.1, -0.05) is 15.9 Å². The van der Waals surface area contributed by atoms with Crippen LogP contribution in [0.15, 0.2) is 44.4 Å². The number of aliphatic hydroxyl groups excluding tert-OH is 1. The molecular weight excluding hydrogens is 364 g/mol. The minimum absolute atomic E-state index is 0.00982. The third kappa shape index (κ3) is 3.58. The first kappa shape index (κ1) is 15.5. The molecule has 0 fully saturated rings. The molecule has 2 rings (SSSR count). The van der Waals surface area contributed by atoms with Crippen molar-refractivity contribution in [1.82, 2.24) is 4.72 Å². The van der Waals surface area contributed by atoms with Crippen LogP contribution < -0.4 is 10.5 Å². The molecule has 1 unspecified atom stereocenters. The molecule has 1 atom stereocenters. The maximum atomic E-state index is 12.2. The summed E-state index contributed by atoms with van der Waals surface area (Å²) in [7, 11) is -3.76. The van der Waals surface area contributed by atoms with Crippen LogP contribution in [0.3, 0.4) is 0 Å². The predicted molar refractivity (Wildman–Crippen MR) is 83.0 cm³/mol. The van der Waals surface area contributed by atoms with Gasteiger partial charge in [0, 0.05) is 11.0 Å². The molecule has 0 bridgehead atoms. The molecule has 0 saturated heterocycles. The van der Waals surface area contributed by atoms with E-state index >= 15 is 0 Å². The van der Waals surface area contributed by atoms with Crippen LogP contribution in [0.2, 0.25) is 0 Å². The van der Waals surface area contributed by atoms with Crippen LogP contribution in [0.1, 0.15) is 11.7 Å². The molecule has 1 aromatic heterocycles. The Morgan fingerprint density at radius 2 is 2.15 bits per heavy atom. The summed E-state index contributed by atoms with van der Waals surface area (Å²) >= 11 is 4.64. The molecular formula is C12H13BrN2O3S2. The number of halogens is 1. The number of hydrogen-bond acceptors (Lipinski definition) is 5. The highest BCUT2D eigenvalue weighted by Crippen LogP contribution is 2.23. The Balaban J connectivity index is 2.13. The van der Waals surface area contributed by atoms with Crippen molar-refractivity contribution in [3.05, 3.63) is 45.1 Å². The highest BCUT2D eigenvalue weighted by molar-refractivity contribution is 9.10. The van der Waals surface area contributed by atoms with Crippen molar-refractivity contribution in [2.24, 2.45) is 0 Å². The Bertz CT molecular complexity index is 687. The predicted octanol–water partition coefficient (Wildman–Crippen LogP) is 2.10. The van der Waals surface area contributed by atoms with Crippen molar-refractivity contribution in [2.45, 2.75) is 11.0 Å². The number of thiophene rings is 1. The van der Waals surface area contributed by atoms with E-state index in [1.165, 1.54) is 23.5 Å². The van der Waals surface area contributed by atoms with E-state index in [-0.39, 0.29) is 17.1 Å². The van der Waals surface area contributed by atoms with Crippen LogP contribution in [0.5, 0.6) is 0 Å². The summed E-state index contributed by atoms with van der Waals surface area (Å²) in [4.78, 5) is -0.00982. The number of aliphatic hydroxyl groups is 1. The van der Waals surface area contributed by atoms with E-state index in [2.05, 4.69) is 20.7 Å². The molecule has 0 aliphatic rings. The molecule has 0 saturated carbocycles. The lowest BCUT2D eigenvalue weighted by atomic mass is 10.2. The second-order valence-corrected chi connectivity index (χ2v) is 7.54. The van der Waals surface area contributed by atoms with Gasteiger partial charge in [0.2, 0.25) is 10.0 Å². The molecule has 20 heavy (non-hydrogen) atoms. The lowest BCUT2D eigenvalue weighted by Gasteiger charge is -2.12. The molecule has 0 radical (unpaired) electrons. The van der Waals surface area contributed by atoms with Gasteiger partial charge in [0.25, 0.3) is 0 Å². The Labute approximate surface area is 129 Å². The fourth-order valence-electron chi connectivity index (χ4n) is 1.59. The molecule has 4 N–H and O–H groups in total. The number of nitrogen functional groups attached to an aromatic ring is 1. The van der Waals surface area contributed by atoms with Gasteiger partial charge in [-0.05, 0) is 40.6 Å². The van der Waals surface area contributed by atoms with Crippen molar-refractivity contribution in [3.63, 3.8) is 0 Å². The molecule has 1 heterocycles. The van der Waals surface area contributed by atoms with Crippen molar-refractivity contribution in [1.29, 1.82) is 0 Å². The lowest BCUT2D eigenvalue weighted by molar-refractivity contribution is 0.182. The van der Waals surface area contributed by atoms with Gasteiger partial charge in [-0.3, -0.25) is 0 Å². The number of nitrogens with two attached hydrogens (primary N) is 1. The Hall–Kier alpha value is -0.930. The third-order valence-electron chi connectivity index (χ3n) is 2.66.